The molecule has 0 bridgehead atoms. The van der Waals surface area contributed by atoms with Crippen LogP contribution in [-0.4, -0.2) is 21.9 Å². The Balaban J connectivity index is 2.06. The number of amides is 1. The van der Waals surface area contributed by atoms with Gasteiger partial charge in [-0.3, -0.25) is 4.79 Å². The number of hydrogen-bond donors (Lipinski definition) is 0. The molecule has 25 heavy (non-hydrogen) atoms. The largest absolute Gasteiger partial charge is 0.345 e. The molecule has 1 aromatic carbocycles. The van der Waals surface area contributed by atoms with Crippen LogP contribution in [-0.2, 0) is 17.9 Å². The maximum atomic E-state index is 13.1. The summed E-state index contributed by atoms with van der Waals surface area (Å²) in [5, 5.41) is 0. The first-order valence-corrected chi connectivity index (χ1v) is 9.30. The number of rotatable bonds is 10. The molecule has 1 aromatic heterocycles. The number of aromatic nitrogens is 1. The van der Waals surface area contributed by atoms with Gasteiger partial charge < -0.3 is 9.47 Å². The van der Waals surface area contributed by atoms with E-state index in [1.807, 2.05) is 24.1 Å². The smallest absolute Gasteiger partial charge is 0.222 e. The van der Waals surface area contributed by atoms with Gasteiger partial charge in [-0.25, -0.2) is 4.39 Å². The van der Waals surface area contributed by atoms with Crippen LogP contribution in [0.3, 0.4) is 0 Å². The van der Waals surface area contributed by atoms with E-state index in [1.54, 1.807) is 12.1 Å². The average Bonchev–Trinajstić information content (AvgIpc) is 3.03. The summed E-state index contributed by atoms with van der Waals surface area (Å²) in [6, 6.07) is 10.7. The van der Waals surface area contributed by atoms with Crippen molar-refractivity contribution in [2.45, 2.75) is 59.0 Å². The van der Waals surface area contributed by atoms with Crippen LogP contribution in [0.5, 0.6) is 0 Å². The molecule has 136 valence electrons. The van der Waals surface area contributed by atoms with Crippen molar-refractivity contribution in [2.75, 3.05) is 6.54 Å². The topological polar surface area (TPSA) is 25.2 Å². The van der Waals surface area contributed by atoms with Crippen molar-refractivity contribution in [3.8, 4) is 0 Å². The molecule has 0 radical (unpaired) electrons. The first-order chi connectivity index (χ1) is 12.1. The molecule has 0 N–H and O–H groups in total. The summed E-state index contributed by atoms with van der Waals surface area (Å²) in [5.41, 5.74) is 2.17. The molecule has 3 nitrogen and oxygen atoms in total. The zero-order valence-corrected chi connectivity index (χ0v) is 15.4. The second kappa shape index (κ2) is 10.0. The van der Waals surface area contributed by atoms with Crippen LogP contribution in [0.4, 0.5) is 4.39 Å². The molecule has 0 saturated heterocycles. The van der Waals surface area contributed by atoms with Crippen LogP contribution in [0.2, 0.25) is 0 Å². The molecule has 4 heteroatoms. The minimum Gasteiger partial charge on any atom is -0.345 e. The molecule has 1 heterocycles. The number of hydrogen-bond acceptors (Lipinski definition) is 1. The Morgan fingerprint density at radius 2 is 1.84 bits per heavy atom. The third-order valence-electron chi connectivity index (χ3n) is 4.39. The van der Waals surface area contributed by atoms with Crippen molar-refractivity contribution >= 4 is 5.91 Å². The third kappa shape index (κ3) is 6.04. The lowest BCUT2D eigenvalue weighted by Gasteiger charge is -2.23. The SMILES string of the molecule is CCCCCN(Cc1cccn1Cc1ccc(F)cc1)C(=O)CCC. The van der Waals surface area contributed by atoms with Crippen LogP contribution in [0.15, 0.2) is 42.6 Å². The molecule has 0 spiro atoms. The highest BCUT2D eigenvalue weighted by molar-refractivity contribution is 5.76. The molecule has 1 amide bonds. The summed E-state index contributed by atoms with van der Waals surface area (Å²) < 4.78 is 15.2. The number of benzene rings is 1. The number of nitrogens with zero attached hydrogens (tertiary/aromatic N) is 2. The molecule has 2 aromatic rings. The molecular weight excluding hydrogens is 315 g/mol. The molecular formula is C21H29FN2O. The van der Waals surface area contributed by atoms with Crippen LogP contribution >= 0.6 is 0 Å². The predicted octanol–water partition coefficient (Wildman–Crippen LogP) is 4.99. The second-order valence-corrected chi connectivity index (χ2v) is 6.53. The van der Waals surface area contributed by atoms with E-state index in [0.717, 1.165) is 43.5 Å². The number of carbonyl (C=O) groups excluding carboxylic acids is 1. The fourth-order valence-electron chi connectivity index (χ4n) is 2.95. The maximum absolute atomic E-state index is 13.1. The lowest BCUT2D eigenvalue weighted by atomic mass is 10.2. The Morgan fingerprint density at radius 3 is 2.52 bits per heavy atom. The van der Waals surface area contributed by atoms with Crippen molar-refractivity contribution in [1.29, 1.82) is 0 Å². The molecule has 0 aliphatic heterocycles. The number of halogens is 1. The summed E-state index contributed by atoms with van der Waals surface area (Å²) in [5.74, 6) is 0.0110. The van der Waals surface area contributed by atoms with E-state index in [1.165, 1.54) is 12.1 Å². The van der Waals surface area contributed by atoms with Gasteiger partial charge in [-0.15, -0.1) is 0 Å². The van der Waals surface area contributed by atoms with E-state index in [-0.39, 0.29) is 11.7 Å². The monoisotopic (exact) mass is 344 g/mol. The van der Waals surface area contributed by atoms with Crippen molar-refractivity contribution < 1.29 is 9.18 Å². The van der Waals surface area contributed by atoms with E-state index in [2.05, 4.69) is 17.6 Å². The van der Waals surface area contributed by atoms with Crippen LogP contribution < -0.4 is 0 Å². The lowest BCUT2D eigenvalue weighted by Crippen LogP contribution is -2.32. The van der Waals surface area contributed by atoms with Crippen LogP contribution in [0, 0.1) is 5.82 Å². The van der Waals surface area contributed by atoms with E-state index in [0.29, 0.717) is 19.5 Å². The minimum atomic E-state index is -0.219. The first-order valence-electron chi connectivity index (χ1n) is 9.30. The Bertz CT molecular complexity index is 648. The van der Waals surface area contributed by atoms with Crippen LogP contribution in [0.25, 0.3) is 0 Å². The first kappa shape index (κ1) is 19.2. The Hall–Kier alpha value is -2.10. The fourth-order valence-corrected chi connectivity index (χ4v) is 2.95. The van der Waals surface area contributed by atoms with E-state index < -0.39 is 0 Å². The van der Waals surface area contributed by atoms with Gasteiger partial charge in [0.15, 0.2) is 0 Å². The van der Waals surface area contributed by atoms with Gasteiger partial charge in [-0.2, -0.15) is 0 Å². The summed E-state index contributed by atoms with van der Waals surface area (Å²) in [4.78, 5) is 14.4. The Labute approximate surface area is 150 Å². The standard InChI is InChI=1S/C21H29FN2O/c1-3-5-6-14-24(21(25)8-4-2)17-20-9-7-15-23(20)16-18-10-12-19(22)13-11-18/h7,9-13,15H,3-6,8,14,16-17H2,1-2H3. The summed E-state index contributed by atoms with van der Waals surface area (Å²) >= 11 is 0. The Kier molecular flexibility index (Phi) is 7.71. The van der Waals surface area contributed by atoms with Crippen molar-refractivity contribution in [2.24, 2.45) is 0 Å². The maximum Gasteiger partial charge on any atom is 0.222 e. The highest BCUT2D eigenvalue weighted by Gasteiger charge is 2.14. The Morgan fingerprint density at radius 1 is 1.08 bits per heavy atom. The quantitative estimate of drug-likeness (QED) is 0.557. The summed E-state index contributed by atoms with van der Waals surface area (Å²) in [6.07, 6.45) is 6.84. The molecule has 0 fully saturated rings. The zero-order chi connectivity index (χ0) is 18.1. The minimum absolute atomic E-state index is 0.219. The van der Waals surface area contributed by atoms with Crippen LogP contribution in [0.1, 0.15) is 57.2 Å². The van der Waals surface area contributed by atoms with Gasteiger partial charge in [0.2, 0.25) is 5.91 Å². The highest BCUT2D eigenvalue weighted by Crippen LogP contribution is 2.13. The average molecular weight is 344 g/mol. The number of carbonyl (C=O) groups is 1. The van der Waals surface area contributed by atoms with Crippen molar-refractivity contribution in [3.05, 3.63) is 59.7 Å². The van der Waals surface area contributed by atoms with Gasteiger partial charge in [-0.05, 0) is 42.7 Å². The summed E-state index contributed by atoms with van der Waals surface area (Å²) in [6.45, 7) is 6.35. The lowest BCUT2D eigenvalue weighted by molar-refractivity contribution is -0.132. The molecule has 0 aliphatic rings. The second-order valence-electron chi connectivity index (χ2n) is 6.53. The number of unbranched alkanes of at least 4 members (excludes halogenated alkanes) is 2. The fraction of sp³-hybridized carbons (Fsp3) is 0.476. The predicted molar refractivity (Wildman–Crippen MR) is 99.8 cm³/mol. The molecule has 0 aliphatic carbocycles. The third-order valence-corrected chi connectivity index (χ3v) is 4.39. The summed E-state index contributed by atoms with van der Waals surface area (Å²) in [7, 11) is 0. The van der Waals surface area contributed by atoms with Crippen molar-refractivity contribution in [3.63, 3.8) is 0 Å². The molecule has 2 rings (SSSR count). The van der Waals surface area contributed by atoms with Gasteiger partial charge in [0, 0.05) is 31.4 Å². The zero-order valence-electron chi connectivity index (χ0n) is 15.4. The van der Waals surface area contributed by atoms with E-state index in [9.17, 15) is 9.18 Å². The molecule has 0 unspecified atom stereocenters. The van der Waals surface area contributed by atoms with Gasteiger partial charge in [0.1, 0.15) is 5.82 Å². The van der Waals surface area contributed by atoms with Gasteiger partial charge in [0.25, 0.3) is 0 Å². The normalized spacial score (nSPS) is 10.8. The van der Waals surface area contributed by atoms with E-state index >= 15 is 0 Å². The highest BCUT2D eigenvalue weighted by atomic mass is 19.1. The molecule has 0 saturated carbocycles. The van der Waals surface area contributed by atoms with Gasteiger partial charge in [0.05, 0.1) is 6.54 Å². The molecule has 0 atom stereocenters. The van der Waals surface area contributed by atoms with Crippen molar-refractivity contribution in [1.82, 2.24) is 9.47 Å². The van der Waals surface area contributed by atoms with E-state index in [4.69, 9.17) is 0 Å². The van der Waals surface area contributed by atoms with Gasteiger partial charge in [-0.1, -0.05) is 38.8 Å². The van der Waals surface area contributed by atoms with Gasteiger partial charge >= 0.3 is 0 Å².